The summed E-state index contributed by atoms with van der Waals surface area (Å²) < 4.78 is 3.15. The number of hydrogen-bond acceptors (Lipinski definition) is 2. The van der Waals surface area contributed by atoms with Crippen molar-refractivity contribution in [2.24, 2.45) is 11.7 Å². The monoisotopic (exact) mass is 257 g/mol. The fourth-order valence-corrected chi connectivity index (χ4v) is 2.80. The predicted molar refractivity (Wildman–Crippen MR) is 60.0 cm³/mol. The van der Waals surface area contributed by atoms with Gasteiger partial charge >= 0.3 is 0 Å². The van der Waals surface area contributed by atoms with Crippen LogP contribution in [-0.4, -0.2) is 16.3 Å². The van der Waals surface area contributed by atoms with E-state index in [2.05, 4.69) is 25.7 Å². The van der Waals surface area contributed by atoms with Gasteiger partial charge in [-0.3, -0.25) is 4.68 Å². The lowest BCUT2D eigenvalue weighted by Gasteiger charge is -2.31. The molecular weight excluding hydrogens is 242 g/mol. The first kappa shape index (κ1) is 10.2. The molecular formula is C10H16BrN3. The van der Waals surface area contributed by atoms with E-state index in [1.165, 1.54) is 25.7 Å². The zero-order valence-electron chi connectivity index (χ0n) is 8.19. The Morgan fingerprint density at radius 1 is 1.50 bits per heavy atom. The second kappa shape index (κ2) is 4.45. The highest BCUT2D eigenvalue weighted by Gasteiger charge is 2.26. The van der Waals surface area contributed by atoms with Crippen molar-refractivity contribution in [1.82, 2.24) is 9.78 Å². The summed E-state index contributed by atoms with van der Waals surface area (Å²) in [6.45, 7) is 0.775. The minimum Gasteiger partial charge on any atom is -0.330 e. The van der Waals surface area contributed by atoms with E-state index in [4.69, 9.17) is 5.73 Å². The lowest BCUT2D eigenvalue weighted by molar-refractivity contribution is 0.226. The van der Waals surface area contributed by atoms with Gasteiger partial charge in [0.1, 0.15) is 4.60 Å². The molecule has 78 valence electrons. The summed E-state index contributed by atoms with van der Waals surface area (Å²) >= 11 is 3.52. The highest BCUT2D eigenvalue weighted by molar-refractivity contribution is 9.10. The lowest BCUT2D eigenvalue weighted by Crippen LogP contribution is -2.29. The van der Waals surface area contributed by atoms with Gasteiger partial charge in [-0.25, -0.2) is 0 Å². The van der Waals surface area contributed by atoms with Crippen LogP contribution in [0.3, 0.4) is 0 Å². The molecule has 0 bridgehead atoms. The number of nitrogens with zero attached hydrogens (tertiary/aromatic N) is 2. The van der Waals surface area contributed by atoms with Gasteiger partial charge in [-0.05, 0) is 47.3 Å². The van der Waals surface area contributed by atoms with E-state index in [0.29, 0.717) is 12.0 Å². The van der Waals surface area contributed by atoms with E-state index < -0.39 is 0 Å². The number of halogens is 1. The van der Waals surface area contributed by atoms with Crippen LogP contribution in [-0.2, 0) is 0 Å². The summed E-state index contributed by atoms with van der Waals surface area (Å²) in [5.41, 5.74) is 5.79. The van der Waals surface area contributed by atoms with Crippen molar-refractivity contribution in [3.8, 4) is 0 Å². The normalized spacial score (nSPS) is 27.9. The molecule has 0 saturated heterocycles. The molecule has 0 spiro atoms. The van der Waals surface area contributed by atoms with Gasteiger partial charge in [-0.2, -0.15) is 5.10 Å². The van der Waals surface area contributed by atoms with Crippen LogP contribution in [0.2, 0.25) is 0 Å². The fourth-order valence-electron chi connectivity index (χ4n) is 2.33. The van der Waals surface area contributed by atoms with Crippen LogP contribution in [0, 0.1) is 5.92 Å². The SMILES string of the molecule is NCC1CCCCC1n1nccc1Br. The van der Waals surface area contributed by atoms with Crippen LogP contribution in [0.25, 0.3) is 0 Å². The highest BCUT2D eigenvalue weighted by Crippen LogP contribution is 2.34. The topological polar surface area (TPSA) is 43.8 Å². The van der Waals surface area contributed by atoms with Crippen molar-refractivity contribution in [3.63, 3.8) is 0 Å². The van der Waals surface area contributed by atoms with Crippen molar-refractivity contribution in [3.05, 3.63) is 16.9 Å². The van der Waals surface area contributed by atoms with Crippen molar-refractivity contribution in [2.75, 3.05) is 6.54 Å². The molecule has 2 rings (SSSR count). The van der Waals surface area contributed by atoms with E-state index in [-0.39, 0.29) is 0 Å². The zero-order chi connectivity index (χ0) is 9.97. The van der Waals surface area contributed by atoms with Gasteiger partial charge in [0.15, 0.2) is 0 Å². The van der Waals surface area contributed by atoms with Crippen LogP contribution in [0.5, 0.6) is 0 Å². The summed E-state index contributed by atoms with van der Waals surface area (Å²) in [5.74, 6) is 0.597. The van der Waals surface area contributed by atoms with Gasteiger partial charge in [0.2, 0.25) is 0 Å². The Balaban J connectivity index is 2.19. The summed E-state index contributed by atoms with van der Waals surface area (Å²) in [6.07, 6.45) is 6.91. The quantitative estimate of drug-likeness (QED) is 0.884. The first-order chi connectivity index (χ1) is 6.83. The third-order valence-corrected chi connectivity index (χ3v) is 3.74. The van der Waals surface area contributed by atoms with E-state index in [1.807, 2.05) is 12.3 Å². The molecule has 0 aromatic carbocycles. The van der Waals surface area contributed by atoms with Gasteiger partial charge in [0.25, 0.3) is 0 Å². The Bertz CT molecular complexity index is 297. The molecule has 0 amide bonds. The third-order valence-electron chi connectivity index (χ3n) is 3.11. The maximum Gasteiger partial charge on any atom is 0.104 e. The third kappa shape index (κ3) is 1.86. The van der Waals surface area contributed by atoms with Crippen molar-refractivity contribution >= 4 is 15.9 Å². The van der Waals surface area contributed by atoms with Crippen LogP contribution < -0.4 is 5.73 Å². The second-order valence-electron chi connectivity index (χ2n) is 3.95. The van der Waals surface area contributed by atoms with Crippen LogP contribution in [0.15, 0.2) is 16.9 Å². The molecule has 1 saturated carbocycles. The molecule has 2 unspecified atom stereocenters. The molecule has 1 aromatic rings. The Morgan fingerprint density at radius 3 is 2.93 bits per heavy atom. The Labute approximate surface area is 92.8 Å². The van der Waals surface area contributed by atoms with Crippen LogP contribution >= 0.6 is 15.9 Å². The fraction of sp³-hybridized carbons (Fsp3) is 0.700. The summed E-state index contributed by atoms with van der Waals surface area (Å²) in [4.78, 5) is 0. The van der Waals surface area contributed by atoms with Crippen LogP contribution in [0.4, 0.5) is 0 Å². The summed E-state index contributed by atoms with van der Waals surface area (Å²) in [6, 6.07) is 2.49. The standard InChI is InChI=1S/C10H16BrN3/c11-10-5-6-13-14(10)9-4-2-1-3-8(9)7-12/h5-6,8-9H,1-4,7,12H2. The lowest BCUT2D eigenvalue weighted by atomic mass is 9.85. The maximum atomic E-state index is 5.79. The first-order valence-electron chi connectivity index (χ1n) is 5.22. The van der Waals surface area contributed by atoms with E-state index >= 15 is 0 Å². The number of hydrogen-bond donors (Lipinski definition) is 1. The predicted octanol–water partition coefficient (Wildman–Crippen LogP) is 2.34. The summed E-state index contributed by atoms with van der Waals surface area (Å²) in [5, 5.41) is 4.35. The number of aromatic nitrogens is 2. The van der Waals surface area contributed by atoms with E-state index in [0.717, 1.165) is 11.1 Å². The zero-order valence-corrected chi connectivity index (χ0v) is 9.78. The smallest absolute Gasteiger partial charge is 0.104 e. The van der Waals surface area contributed by atoms with Crippen molar-refractivity contribution in [2.45, 2.75) is 31.7 Å². The molecule has 0 radical (unpaired) electrons. The molecule has 0 aliphatic heterocycles. The molecule has 2 atom stereocenters. The van der Waals surface area contributed by atoms with Gasteiger partial charge in [-0.1, -0.05) is 12.8 Å². The van der Waals surface area contributed by atoms with Gasteiger partial charge in [0, 0.05) is 0 Å². The molecule has 1 aromatic heterocycles. The van der Waals surface area contributed by atoms with Crippen LogP contribution in [0.1, 0.15) is 31.7 Å². The molecule has 14 heavy (non-hydrogen) atoms. The average Bonchev–Trinajstić information content (AvgIpc) is 2.64. The number of nitrogens with two attached hydrogens (primary N) is 1. The minimum absolute atomic E-state index is 0.498. The van der Waals surface area contributed by atoms with Crippen molar-refractivity contribution < 1.29 is 0 Å². The van der Waals surface area contributed by atoms with Crippen molar-refractivity contribution in [1.29, 1.82) is 0 Å². The highest BCUT2D eigenvalue weighted by atomic mass is 79.9. The minimum atomic E-state index is 0.498. The molecule has 1 fully saturated rings. The first-order valence-corrected chi connectivity index (χ1v) is 6.01. The Morgan fingerprint density at radius 2 is 2.29 bits per heavy atom. The Kier molecular flexibility index (Phi) is 3.23. The molecule has 1 aliphatic carbocycles. The molecule has 3 nitrogen and oxygen atoms in total. The largest absolute Gasteiger partial charge is 0.330 e. The van der Waals surface area contributed by atoms with Gasteiger partial charge in [0.05, 0.1) is 12.2 Å². The maximum absolute atomic E-state index is 5.79. The second-order valence-corrected chi connectivity index (χ2v) is 4.76. The summed E-state index contributed by atoms with van der Waals surface area (Å²) in [7, 11) is 0. The molecule has 2 N–H and O–H groups in total. The number of rotatable bonds is 2. The average molecular weight is 258 g/mol. The molecule has 1 aliphatic rings. The molecule has 4 heteroatoms. The molecule has 1 heterocycles. The van der Waals surface area contributed by atoms with Gasteiger partial charge in [-0.15, -0.1) is 0 Å². The van der Waals surface area contributed by atoms with E-state index in [9.17, 15) is 0 Å². The van der Waals surface area contributed by atoms with Gasteiger partial charge < -0.3 is 5.73 Å². The Hall–Kier alpha value is -0.350. The van der Waals surface area contributed by atoms with E-state index in [1.54, 1.807) is 0 Å².